The molecule has 3 aromatic carbocycles. The van der Waals surface area contributed by atoms with E-state index in [1.165, 1.54) is 5.39 Å². The summed E-state index contributed by atoms with van der Waals surface area (Å²) in [4.78, 5) is 12.3. The molecule has 0 unspecified atom stereocenters. The van der Waals surface area contributed by atoms with Crippen LogP contribution >= 0.6 is 0 Å². The van der Waals surface area contributed by atoms with Crippen molar-refractivity contribution < 1.29 is 4.79 Å². The Morgan fingerprint density at radius 2 is 1.48 bits per heavy atom. The van der Waals surface area contributed by atoms with Crippen molar-refractivity contribution in [3.8, 4) is 0 Å². The van der Waals surface area contributed by atoms with E-state index in [4.69, 9.17) is 0 Å². The van der Waals surface area contributed by atoms with Crippen LogP contribution < -0.4 is 5.32 Å². The van der Waals surface area contributed by atoms with Crippen molar-refractivity contribution in [3.63, 3.8) is 0 Å². The van der Waals surface area contributed by atoms with Gasteiger partial charge in [0.15, 0.2) is 0 Å². The number of carbonyl (C=O) groups is 1. The number of carbonyl (C=O) groups excluding carboxylic acids is 1. The van der Waals surface area contributed by atoms with Crippen LogP contribution in [0.4, 0.5) is 5.69 Å². The van der Waals surface area contributed by atoms with E-state index in [2.05, 4.69) is 17.4 Å². The molecule has 1 amide bonds. The minimum Gasteiger partial charge on any atom is -0.322 e. The third-order valence-electron chi connectivity index (χ3n) is 3.49. The summed E-state index contributed by atoms with van der Waals surface area (Å²) >= 11 is 0. The molecule has 104 valence electrons. The molecule has 0 aliphatic rings. The third kappa shape index (κ3) is 2.95. The van der Waals surface area contributed by atoms with Crippen LogP contribution in [0.2, 0.25) is 0 Å². The number of benzene rings is 3. The molecule has 0 atom stereocenters. The topological polar surface area (TPSA) is 29.1 Å². The lowest BCUT2D eigenvalue weighted by Gasteiger charge is -2.08. The summed E-state index contributed by atoms with van der Waals surface area (Å²) in [5.74, 6) is -0.0721. The van der Waals surface area contributed by atoms with Gasteiger partial charge in [-0.3, -0.25) is 4.79 Å². The highest BCUT2D eigenvalue weighted by molar-refractivity contribution is 6.05. The lowest BCUT2D eigenvalue weighted by atomic mass is 10.1. The second-order valence-corrected chi connectivity index (χ2v) is 5.39. The molecule has 0 aromatic heterocycles. The van der Waals surface area contributed by atoms with Crippen LogP contribution in [0.1, 0.15) is 21.5 Å². The molecule has 3 rings (SSSR count). The fourth-order valence-corrected chi connectivity index (χ4v) is 2.58. The first-order valence-corrected chi connectivity index (χ1v) is 7.00. The van der Waals surface area contributed by atoms with Crippen LogP contribution in [0.3, 0.4) is 0 Å². The van der Waals surface area contributed by atoms with Crippen molar-refractivity contribution >= 4 is 22.4 Å². The van der Waals surface area contributed by atoms with Crippen LogP contribution in [-0.4, -0.2) is 5.91 Å². The van der Waals surface area contributed by atoms with Crippen LogP contribution in [0.5, 0.6) is 0 Å². The van der Waals surface area contributed by atoms with Gasteiger partial charge in [-0.25, -0.2) is 0 Å². The van der Waals surface area contributed by atoms with Crippen LogP contribution in [0, 0.1) is 13.8 Å². The zero-order chi connectivity index (χ0) is 14.8. The van der Waals surface area contributed by atoms with E-state index in [-0.39, 0.29) is 5.91 Å². The van der Waals surface area contributed by atoms with Crippen molar-refractivity contribution in [2.24, 2.45) is 0 Å². The van der Waals surface area contributed by atoms with Gasteiger partial charge in [0.05, 0.1) is 0 Å². The summed E-state index contributed by atoms with van der Waals surface area (Å²) in [6.45, 7) is 4.00. The molecule has 3 aromatic rings. The molecule has 0 heterocycles. The summed E-state index contributed by atoms with van der Waals surface area (Å²) in [7, 11) is 0. The van der Waals surface area contributed by atoms with Gasteiger partial charge in [0.25, 0.3) is 5.91 Å². The summed E-state index contributed by atoms with van der Waals surface area (Å²) in [6.07, 6.45) is 0. The second-order valence-electron chi connectivity index (χ2n) is 5.39. The Bertz CT molecular complexity index is 800. The first-order valence-electron chi connectivity index (χ1n) is 7.00. The van der Waals surface area contributed by atoms with Crippen molar-refractivity contribution in [1.29, 1.82) is 0 Å². The smallest absolute Gasteiger partial charge is 0.255 e. The van der Waals surface area contributed by atoms with Gasteiger partial charge >= 0.3 is 0 Å². The Kier molecular flexibility index (Phi) is 3.44. The first kappa shape index (κ1) is 13.4. The Morgan fingerprint density at radius 1 is 0.810 bits per heavy atom. The number of nitrogens with one attached hydrogen (secondary N) is 1. The van der Waals surface area contributed by atoms with Crippen LogP contribution in [-0.2, 0) is 0 Å². The zero-order valence-corrected chi connectivity index (χ0v) is 12.2. The summed E-state index contributed by atoms with van der Waals surface area (Å²) in [5, 5.41) is 5.26. The molecule has 21 heavy (non-hydrogen) atoms. The van der Waals surface area contributed by atoms with E-state index in [9.17, 15) is 4.79 Å². The van der Waals surface area contributed by atoms with E-state index in [1.54, 1.807) is 0 Å². The number of aryl methyl sites for hydroxylation is 2. The van der Waals surface area contributed by atoms with Crippen molar-refractivity contribution in [2.75, 3.05) is 5.32 Å². The number of fused-ring (bicyclic) bond motifs is 1. The van der Waals surface area contributed by atoms with Crippen LogP contribution in [0.25, 0.3) is 10.8 Å². The molecule has 2 nitrogen and oxygen atoms in total. The monoisotopic (exact) mass is 275 g/mol. The molecular formula is C19H17NO. The average molecular weight is 275 g/mol. The van der Waals surface area contributed by atoms with Gasteiger partial charge in [-0.2, -0.15) is 0 Å². The molecule has 0 spiro atoms. The normalized spacial score (nSPS) is 10.6. The number of anilines is 1. The van der Waals surface area contributed by atoms with E-state index < -0.39 is 0 Å². The highest BCUT2D eigenvalue weighted by Crippen LogP contribution is 2.19. The first-order chi connectivity index (χ1) is 10.1. The Morgan fingerprint density at radius 3 is 2.19 bits per heavy atom. The number of hydrogen-bond donors (Lipinski definition) is 1. The van der Waals surface area contributed by atoms with Gasteiger partial charge in [-0.15, -0.1) is 0 Å². The van der Waals surface area contributed by atoms with Gasteiger partial charge < -0.3 is 5.32 Å². The fourth-order valence-electron chi connectivity index (χ4n) is 2.58. The van der Waals surface area contributed by atoms with Gasteiger partial charge in [-0.05, 0) is 48.9 Å². The van der Waals surface area contributed by atoms with Gasteiger partial charge in [0.1, 0.15) is 0 Å². The largest absolute Gasteiger partial charge is 0.322 e. The molecule has 2 heteroatoms. The van der Waals surface area contributed by atoms with Crippen molar-refractivity contribution in [3.05, 3.63) is 77.4 Å². The third-order valence-corrected chi connectivity index (χ3v) is 3.49. The quantitative estimate of drug-likeness (QED) is 0.721. The summed E-state index contributed by atoms with van der Waals surface area (Å²) in [6, 6.07) is 19.9. The van der Waals surface area contributed by atoms with Crippen LogP contribution in [0.15, 0.2) is 60.7 Å². The molecule has 0 saturated heterocycles. The number of amides is 1. The molecule has 0 radical (unpaired) electrons. The predicted octanol–water partition coefficient (Wildman–Crippen LogP) is 4.71. The molecular weight excluding hydrogens is 258 g/mol. The maximum Gasteiger partial charge on any atom is 0.255 e. The van der Waals surface area contributed by atoms with Gasteiger partial charge in [0, 0.05) is 11.3 Å². The SMILES string of the molecule is Cc1cc(C)cc(C(=O)Nc2ccc3ccccc3c2)c1. The maximum atomic E-state index is 12.3. The highest BCUT2D eigenvalue weighted by Gasteiger charge is 2.07. The lowest BCUT2D eigenvalue weighted by Crippen LogP contribution is -2.12. The minimum atomic E-state index is -0.0721. The van der Waals surface area contributed by atoms with E-state index in [0.29, 0.717) is 5.56 Å². The molecule has 1 N–H and O–H groups in total. The minimum absolute atomic E-state index is 0.0721. The summed E-state index contributed by atoms with van der Waals surface area (Å²) < 4.78 is 0. The lowest BCUT2D eigenvalue weighted by molar-refractivity contribution is 0.102. The Hall–Kier alpha value is -2.61. The average Bonchev–Trinajstić information content (AvgIpc) is 2.46. The molecule has 0 bridgehead atoms. The van der Waals surface area contributed by atoms with E-state index in [1.807, 2.05) is 62.4 Å². The van der Waals surface area contributed by atoms with Gasteiger partial charge in [-0.1, -0.05) is 47.5 Å². The Labute approximate surface area is 124 Å². The molecule has 0 aliphatic carbocycles. The van der Waals surface area contributed by atoms with Crippen molar-refractivity contribution in [1.82, 2.24) is 0 Å². The summed E-state index contributed by atoms with van der Waals surface area (Å²) in [5.41, 5.74) is 3.70. The molecule has 0 saturated carbocycles. The van der Waals surface area contributed by atoms with E-state index >= 15 is 0 Å². The zero-order valence-electron chi connectivity index (χ0n) is 12.2. The Balaban J connectivity index is 1.88. The maximum absolute atomic E-state index is 12.3. The molecule has 0 fully saturated rings. The van der Waals surface area contributed by atoms with Crippen molar-refractivity contribution in [2.45, 2.75) is 13.8 Å². The number of hydrogen-bond acceptors (Lipinski definition) is 1. The highest BCUT2D eigenvalue weighted by atomic mass is 16.1. The molecule has 0 aliphatic heterocycles. The van der Waals surface area contributed by atoms with Gasteiger partial charge in [0.2, 0.25) is 0 Å². The predicted molar refractivity (Wildman–Crippen MR) is 87.8 cm³/mol. The standard InChI is InChI=1S/C19H17NO/c1-13-9-14(2)11-17(10-13)19(21)20-18-8-7-15-5-3-4-6-16(15)12-18/h3-12H,1-2H3,(H,20,21). The number of rotatable bonds is 2. The van der Waals surface area contributed by atoms with E-state index in [0.717, 1.165) is 22.2 Å². The second kappa shape index (κ2) is 5.41. The fraction of sp³-hybridized carbons (Fsp3) is 0.105.